The second-order valence-corrected chi connectivity index (χ2v) is 7.07. The second kappa shape index (κ2) is 7.29. The van der Waals surface area contributed by atoms with Crippen molar-refractivity contribution in [1.29, 1.82) is 5.26 Å². The van der Waals surface area contributed by atoms with E-state index in [2.05, 4.69) is 5.10 Å². The van der Waals surface area contributed by atoms with Crippen LogP contribution in [0.5, 0.6) is 0 Å². The van der Waals surface area contributed by atoms with Crippen molar-refractivity contribution in [3.63, 3.8) is 0 Å². The van der Waals surface area contributed by atoms with Crippen molar-refractivity contribution in [2.24, 2.45) is 5.92 Å². The molecule has 0 aliphatic heterocycles. The molecule has 0 aliphatic rings. The number of nitrogens with zero attached hydrogens (tertiary/aromatic N) is 4. The van der Waals surface area contributed by atoms with E-state index in [1.165, 1.54) is 4.31 Å². The standard InChI is InChI=1S/C13H22N4O2S/c1-4-16-11-13(9-15-16)17(10-12(2)3)20(18,19)8-6-5-7-14/h9,11-12H,4-6,8,10H2,1-3H3. The number of nitriles is 1. The van der Waals surface area contributed by atoms with Crippen LogP contribution < -0.4 is 4.31 Å². The Hall–Kier alpha value is -1.55. The number of hydrogen-bond donors (Lipinski definition) is 0. The van der Waals surface area contributed by atoms with Gasteiger partial charge in [-0.3, -0.25) is 8.99 Å². The molecular weight excluding hydrogens is 276 g/mol. The van der Waals surface area contributed by atoms with Gasteiger partial charge in [-0.1, -0.05) is 13.8 Å². The number of anilines is 1. The zero-order chi connectivity index (χ0) is 15.2. The third-order valence-corrected chi connectivity index (χ3v) is 4.63. The fourth-order valence-corrected chi connectivity index (χ4v) is 3.48. The highest BCUT2D eigenvalue weighted by atomic mass is 32.2. The molecule has 1 aromatic heterocycles. The molecule has 1 heterocycles. The third-order valence-electron chi connectivity index (χ3n) is 2.79. The summed E-state index contributed by atoms with van der Waals surface area (Å²) in [6.45, 7) is 7.02. The minimum Gasteiger partial charge on any atom is -0.271 e. The molecule has 0 N–H and O–H groups in total. The number of sulfonamides is 1. The lowest BCUT2D eigenvalue weighted by molar-refractivity contribution is 0.575. The predicted molar refractivity (Wildman–Crippen MR) is 78.7 cm³/mol. The molecule has 0 radical (unpaired) electrons. The van der Waals surface area contributed by atoms with E-state index in [1.54, 1.807) is 17.1 Å². The molecule has 1 aromatic rings. The Labute approximate surface area is 121 Å². The summed E-state index contributed by atoms with van der Waals surface area (Å²) in [6, 6.07) is 1.97. The first-order valence-corrected chi connectivity index (χ1v) is 8.41. The smallest absolute Gasteiger partial charge is 0.235 e. The van der Waals surface area contributed by atoms with Crippen LogP contribution in [0.15, 0.2) is 12.4 Å². The summed E-state index contributed by atoms with van der Waals surface area (Å²) in [7, 11) is -3.41. The Morgan fingerprint density at radius 2 is 2.20 bits per heavy atom. The van der Waals surface area contributed by atoms with Gasteiger partial charge in [-0.05, 0) is 19.3 Å². The van der Waals surface area contributed by atoms with E-state index < -0.39 is 10.0 Å². The minimum absolute atomic E-state index is 0.00934. The fraction of sp³-hybridized carbons (Fsp3) is 0.692. The lowest BCUT2D eigenvalue weighted by Crippen LogP contribution is -2.35. The Bertz CT molecular complexity index is 557. The van der Waals surface area contributed by atoms with Gasteiger partial charge in [0.1, 0.15) is 0 Å². The number of unbranched alkanes of at least 4 members (excludes halogenated alkanes) is 1. The third kappa shape index (κ3) is 4.53. The van der Waals surface area contributed by atoms with Crippen molar-refractivity contribution in [3.05, 3.63) is 12.4 Å². The number of aromatic nitrogens is 2. The molecule has 0 aromatic carbocycles. The largest absolute Gasteiger partial charge is 0.271 e. The van der Waals surface area contributed by atoms with Gasteiger partial charge in [0.2, 0.25) is 10.0 Å². The maximum atomic E-state index is 12.4. The lowest BCUT2D eigenvalue weighted by Gasteiger charge is -2.24. The summed E-state index contributed by atoms with van der Waals surface area (Å²) in [5.41, 5.74) is 0.595. The van der Waals surface area contributed by atoms with E-state index in [0.717, 1.165) is 0 Å². The van der Waals surface area contributed by atoms with Gasteiger partial charge in [0, 0.05) is 25.7 Å². The number of aryl methyl sites for hydroxylation is 1. The van der Waals surface area contributed by atoms with Gasteiger partial charge in [0.05, 0.1) is 23.7 Å². The van der Waals surface area contributed by atoms with Gasteiger partial charge in [0.15, 0.2) is 0 Å². The molecule has 0 spiro atoms. The van der Waals surface area contributed by atoms with Gasteiger partial charge in [0.25, 0.3) is 0 Å². The monoisotopic (exact) mass is 298 g/mol. The quantitative estimate of drug-likeness (QED) is 0.688. The fourth-order valence-electron chi connectivity index (χ4n) is 1.81. The molecule has 20 heavy (non-hydrogen) atoms. The first kappa shape index (κ1) is 16.5. The molecule has 0 aliphatic carbocycles. The average molecular weight is 298 g/mol. The maximum Gasteiger partial charge on any atom is 0.235 e. The molecule has 0 bridgehead atoms. The topological polar surface area (TPSA) is 79.0 Å². The average Bonchev–Trinajstić information content (AvgIpc) is 2.84. The Morgan fingerprint density at radius 1 is 1.50 bits per heavy atom. The molecular formula is C13H22N4O2S. The van der Waals surface area contributed by atoms with E-state index in [0.29, 0.717) is 25.2 Å². The zero-order valence-electron chi connectivity index (χ0n) is 12.3. The minimum atomic E-state index is -3.41. The van der Waals surface area contributed by atoms with Crippen molar-refractivity contribution in [3.8, 4) is 6.07 Å². The summed E-state index contributed by atoms with van der Waals surface area (Å²) in [5.74, 6) is 0.204. The van der Waals surface area contributed by atoms with Gasteiger partial charge >= 0.3 is 0 Å². The number of hydrogen-bond acceptors (Lipinski definition) is 4. The molecule has 0 saturated heterocycles. The van der Waals surface area contributed by atoms with Crippen LogP contribution in [0.25, 0.3) is 0 Å². The second-order valence-electron chi connectivity index (χ2n) is 5.06. The highest BCUT2D eigenvalue weighted by Gasteiger charge is 2.24. The predicted octanol–water partition coefficient (Wildman–Crippen LogP) is 2.00. The molecule has 7 heteroatoms. The molecule has 0 saturated carbocycles. The van der Waals surface area contributed by atoms with Crippen LogP contribution in [0.2, 0.25) is 0 Å². The SMILES string of the molecule is CCn1cc(N(CC(C)C)S(=O)(=O)CCCC#N)cn1. The molecule has 112 valence electrons. The van der Waals surface area contributed by atoms with Gasteiger partial charge < -0.3 is 0 Å². The molecule has 1 rings (SSSR count). The molecule has 0 fully saturated rings. The van der Waals surface area contributed by atoms with Crippen LogP contribution >= 0.6 is 0 Å². The Morgan fingerprint density at radius 3 is 2.70 bits per heavy atom. The van der Waals surface area contributed by atoms with Crippen LogP contribution in [0.3, 0.4) is 0 Å². The van der Waals surface area contributed by atoms with E-state index in [1.807, 2.05) is 26.8 Å². The molecule has 0 unspecified atom stereocenters. The van der Waals surface area contributed by atoms with Crippen molar-refractivity contribution < 1.29 is 8.42 Å². The first-order chi connectivity index (χ1) is 9.40. The normalized spacial score (nSPS) is 11.6. The van der Waals surface area contributed by atoms with E-state index >= 15 is 0 Å². The first-order valence-electron chi connectivity index (χ1n) is 6.80. The summed E-state index contributed by atoms with van der Waals surface area (Å²) < 4.78 is 27.9. The van der Waals surface area contributed by atoms with E-state index in [-0.39, 0.29) is 18.1 Å². The number of rotatable bonds is 8. The van der Waals surface area contributed by atoms with E-state index in [4.69, 9.17) is 5.26 Å². The highest BCUT2D eigenvalue weighted by molar-refractivity contribution is 7.92. The van der Waals surface area contributed by atoms with E-state index in [9.17, 15) is 8.42 Å². The van der Waals surface area contributed by atoms with Crippen molar-refractivity contribution in [1.82, 2.24) is 9.78 Å². The van der Waals surface area contributed by atoms with Crippen molar-refractivity contribution >= 4 is 15.7 Å². The zero-order valence-corrected chi connectivity index (χ0v) is 13.1. The van der Waals surface area contributed by atoms with Crippen molar-refractivity contribution in [2.75, 3.05) is 16.6 Å². The molecule has 0 atom stereocenters. The maximum absolute atomic E-state index is 12.4. The van der Waals surface area contributed by atoms with Gasteiger partial charge in [-0.2, -0.15) is 10.4 Å². The van der Waals surface area contributed by atoms with Gasteiger partial charge in [-0.15, -0.1) is 0 Å². The molecule has 0 amide bonds. The Balaban J connectivity index is 2.96. The van der Waals surface area contributed by atoms with Crippen LogP contribution in [0.1, 0.15) is 33.6 Å². The lowest BCUT2D eigenvalue weighted by atomic mass is 10.2. The Kier molecular flexibility index (Phi) is 6.02. The van der Waals surface area contributed by atoms with Crippen LogP contribution in [0, 0.1) is 17.2 Å². The van der Waals surface area contributed by atoms with Gasteiger partial charge in [-0.25, -0.2) is 8.42 Å². The van der Waals surface area contributed by atoms with Crippen LogP contribution in [-0.4, -0.2) is 30.5 Å². The van der Waals surface area contributed by atoms with Crippen LogP contribution in [-0.2, 0) is 16.6 Å². The van der Waals surface area contributed by atoms with Crippen molar-refractivity contribution in [2.45, 2.75) is 40.2 Å². The summed E-state index contributed by atoms with van der Waals surface area (Å²) in [6.07, 6.45) is 3.93. The summed E-state index contributed by atoms with van der Waals surface area (Å²) in [5, 5.41) is 12.7. The molecule has 6 nitrogen and oxygen atoms in total. The highest BCUT2D eigenvalue weighted by Crippen LogP contribution is 2.20. The van der Waals surface area contributed by atoms with Crippen LogP contribution in [0.4, 0.5) is 5.69 Å². The summed E-state index contributed by atoms with van der Waals surface area (Å²) in [4.78, 5) is 0. The summed E-state index contributed by atoms with van der Waals surface area (Å²) >= 11 is 0.